The van der Waals surface area contributed by atoms with Gasteiger partial charge in [0.2, 0.25) is 5.91 Å². The van der Waals surface area contributed by atoms with Crippen molar-refractivity contribution in [3.8, 4) is 0 Å². The number of anilines is 1. The van der Waals surface area contributed by atoms with Crippen LogP contribution in [0.2, 0.25) is 10.0 Å². The van der Waals surface area contributed by atoms with Gasteiger partial charge in [-0.25, -0.2) is 0 Å². The molecule has 0 radical (unpaired) electrons. The normalized spacial score (nSPS) is 17.8. The van der Waals surface area contributed by atoms with E-state index in [2.05, 4.69) is 5.32 Å². The molecule has 1 heterocycles. The zero-order valence-corrected chi connectivity index (χ0v) is 10.9. The van der Waals surface area contributed by atoms with Crippen LogP contribution < -0.4 is 10.2 Å². The van der Waals surface area contributed by atoms with Crippen molar-refractivity contribution >= 4 is 34.8 Å². The zero-order valence-electron chi connectivity index (χ0n) is 9.38. The fourth-order valence-corrected chi connectivity index (χ4v) is 2.15. The standard InChI is InChI=1S/C12H14Cl2N2O/c13-10-4-3-9(7-11(10)14)16-6-2-1-5-15-8-12(16)17/h3-4,7,15H,1-2,5-6,8H2. The van der Waals surface area contributed by atoms with Crippen molar-refractivity contribution in [2.45, 2.75) is 12.8 Å². The van der Waals surface area contributed by atoms with Crippen molar-refractivity contribution in [1.29, 1.82) is 0 Å². The van der Waals surface area contributed by atoms with E-state index in [9.17, 15) is 4.79 Å². The maximum absolute atomic E-state index is 12.0. The Morgan fingerprint density at radius 3 is 2.76 bits per heavy atom. The molecule has 1 amide bonds. The molecule has 92 valence electrons. The molecular formula is C12H14Cl2N2O. The minimum atomic E-state index is 0.0723. The Balaban J connectivity index is 2.22. The molecule has 3 nitrogen and oxygen atoms in total. The summed E-state index contributed by atoms with van der Waals surface area (Å²) in [6.45, 7) is 2.01. The highest BCUT2D eigenvalue weighted by atomic mass is 35.5. The topological polar surface area (TPSA) is 32.3 Å². The molecule has 0 unspecified atom stereocenters. The molecular weight excluding hydrogens is 259 g/mol. The first-order valence-electron chi connectivity index (χ1n) is 5.64. The second-order valence-corrected chi connectivity index (χ2v) is 4.84. The predicted octanol–water partition coefficient (Wildman–Crippen LogP) is 2.71. The van der Waals surface area contributed by atoms with Gasteiger partial charge in [0, 0.05) is 12.2 Å². The fourth-order valence-electron chi connectivity index (χ4n) is 1.86. The summed E-state index contributed by atoms with van der Waals surface area (Å²) in [5.74, 6) is 0.0723. The van der Waals surface area contributed by atoms with Gasteiger partial charge >= 0.3 is 0 Å². The van der Waals surface area contributed by atoms with Crippen LogP contribution in [-0.4, -0.2) is 25.5 Å². The van der Waals surface area contributed by atoms with E-state index in [1.165, 1.54) is 0 Å². The number of hydrogen-bond acceptors (Lipinski definition) is 2. The number of nitrogens with zero attached hydrogens (tertiary/aromatic N) is 1. The largest absolute Gasteiger partial charge is 0.311 e. The minimum absolute atomic E-state index is 0.0723. The number of carbonyl (C=O) groups excluding carboxylic acids is 1. The molecule has 0 spiro atoms. The summed E-state index contributed by atoms with van der Waals surface area (Å²) in [7, 11) is 0. The van der Waals surface area contributed by atoms with Gasteiger partial charge in [-0.2, -0.15) is 0 Å². The molecule has 1 aromatic rings. The van der Waals surface area contributed by atoms with E-state index in [1.807, 2.05) is 6.07 Å². The molecule has 1 aliphatic heterocycles. The van der Waals surface area contributed by atoms with Gasteiger partial charge in [-0.1, -0.05) is 23.2 Å². The molecule has 1 saturated heterocycles. The van der Waals surface area contributed by atoms with Crippen molar-refractivity contribution in [2.75, 3.05) is 24.5 Å². The maximum atomic E-state index is 12.0. The van der Waals surface area contributed by atoms with E-state index in [0.29, 0.717) is 16.6 Å². The molecule has 1 aliphatic rings. The number of rotatable bonds is 1. The van der Waals surface area contributed by atoms with Crippen LogP contribution in [0.4, 0.5) is 5.69 Å². The summed E-state index contributed by atoms with van der Waals surface area (Å²) in [5, 5.41) is 4.10. The highest BCUT2D eigenvalue weighted by molar-refractivity contribution is 6.42. The summed E-state index contributed by atoms with van der Waals surface area (Å²) in [5.41, 5.74) is 0.813. The molecule has 1 N–H and O–H groups in total. The fraction of sp³-hybridized carbons (Fsp3) is 0.417. The van der Waals surface area contributed by atoms with Gasteiger partial charge < -0.3 is 10.2 Å². The average Bonchev–Trinajstić information content (AvgIpc) is 2.28. The second-order valence-electron chi connectivity index (χ2n) is 4.03. The Labute approximate surface area is 111 Å². The molecule has 0 aliphatic carbocycles. The predicted molar refractivity (Wildman–Crippen MR) is 70.9 cm³/mol. The molecule has 1 aromatic carbocycles. The Hall–Kier alpha value is -0.770. The second kappa shape index (κ2) is 5.71. The Bertz CT molecular complexity index is 423. The summed E-state index contributed by atoms with van der Waals surface area (Å²) in [6.07, 6.45) is 2.06. The third-order valence-electron chi connectivity index (χ3n) is 2.78. The highest BCUT2D eigenvalue weighted by Gasteiger charge is 2.17. The van der Waals surface area contributed by atoms with Crippen LogP contribution in [0.25, 0.3) is 0 Å². The van der Waals surface area contributed by atoms with Crippen LogP contribution in [0.5, 0.6) is 0 Å². The molecule has 17 heavy (non-hydrogen) atoms. The minimum Gasteiger partial charge on any atom is -0.311 e. The lowest BCUT2D eigenvalue weighted by atomic mass is 10.2. The molecule has 1 fully saturated rings. The van der Waals surface area contributed by atoms with E-state index in [1.54, 1.807) is 17.0 Å². The lowest BCUT2D eigenvalue weighted by Gasteiger charge is -2.25. The third kappa shape index (κ3) is 3.12. The average molecular weight is 273 g/mol. The summed E-state index contributed by atoms with van der Waals surface area (Å²) in [4.78, 5) is 13.7. The molecule has 0 saturated carbocycles. The number of halogens is 2. The van der Waals surface area contributed by atoms with Gasteiger partial charge in [0.15, 0.2) is 0 Å². The van der Waals surface area contributed by atoms with Crippen molar-refractivity contribution in [3.63, 3.8) is 0 Å². The Morgan fingerprint density at radius 2 is 2.00 bits per heavy atom. The third-order valence-corrected chi connectivity index (χ3v) is 3.52. The monoisotopic (exact) mass is 272 g/mol. The Kier molecular flexibility index (Phi) is 4.26. The maximum Gasteiger partial charge on any atom is 0.240 e. The lowest BCUT2D eigenvalue weighted by molar-refractivity contribution is -0.118. The van der Waals surface area contributed by atoms with Crippen LogP contribution in [0.15, 0.2) is 18.2 Å². The molecule has 0 aromatic heterocycles. The van der Waals surface area contributed by atoms with E-state index in [0.717, 1.165) is 31.6 Å². The highest BCUT2D eigenvalue weighted by Crippen LogP contribution is 2.27. The molecule has 5 heteroatoms. The first kappa shape index (κ1) is 12.7. The number of benzene rings is 1. The van der Waals surface area contributed by atoms with Crippen LogP contribution in [-0.2, 0) is 4.79 Å². The van der Waals surface area contributed by atoms with Crippen LogP contribution in [0.3, 0.4) is 0 Å². The van der Waals surface area contributed by atoms with Crippen LogP contribution >= 0.6 is 23.2 Å². The first-order valence-corrected chi connectivity index (χ1v) is 6.40. The van der Waals surface area contributed by atoms with Gasteiger partial charge in [-0.3, -0.25) is 4.79 Å². The Morgan fingerprint density at radius 1 is 1.18 bits per heavy atom. The summed E-state index contributed by atoms with van der Waals surface area (Å²) < 4.78 is 0. The van der Waals surface area contributed by atoms with Crippen molar-refractivity contribution in [2.24, 2.45) is 0 Å². The molecule has 0 atom stereocenters. The van der Waals surface area contributed by atoms with Crippen LogP contribution in [0.1, 0.15) is 12.8 Å². The van der Waals surface area contributed by atoms with Gasteiger partial charge in [0.25, 0.3) is 0 Å². The van der Waals surface area contributed by atoms with Gasteiger partial charge in [-0.05, 0) is 37.6 Å². The number of nitrogens with one attached hydrogen (secondary N) is 1. The lowest BCUT2D eigenvalue weighted by Crippen LogP contribution is -2.41. The van der Waals surface area contributed by atoms with E-state index < -0.39 is 0 Å². The zero-order chi connectivity index (χ0) is 12.3. The number of amides is 1. The van der Waals surface area contributed by atoms with Crippen molar-refractivity contribution < 1.29 is 4.79 Å². The summed E-state index contributed by atoms with van der Waals surface area (Å²) >= 11 is 11.8. The SMILES string of the molecule is O=C1CNCCCCN1c1ccc(Cl)c(Cl)c1. The summed E-state index contributed by atoms with van der Waals surface area (Å²) in [6, 6.07) is 5.29. The first-order chi connectivity index (χ1) is 8.18. The van der Waals surface area contributed by atoms with Gasteiger partial charge in [0.1, 0.15) is 0 Å². The number of hydrogen-bond donors (Lipinski definition) is 1. The van der Waals surface area contributed by atoms with Gasteiger partial charge in [0.05, 0.1) is 16.6 Å². The van der Waals surface area contributed by atoms with Gasteiger partial charge in [-0.15, -0.1) is 0 Å². The smallest absolute Gasteiger partial charge is 0.240 e. The van der Waals surface area contributed by atoms with E-state index in [4.69, 9.17) is 23.2 Å². The van der Waals surface area contributed by atoms with E-state index in [-0.39, 0.29) is 5.91 Å². The quantitative estimate of drug-likeness (QED) is 0.853. The molecule has 0 bridgehead atoms. The van der Waals surface area contributed by atoms with Crippen molar-refractivity contribution in [3.05, 3.63) is 28.2 Å². The van der Waals surface area contributed by atoms with E-state index >= 15 is 0 Å². The molecule has 2 rings (SSSR count). The number of carbonyl (C=O) groups is 1. The van der Waals surface area contributed by atoms with Crippen LogP contribution in [0, 0.1) is 0 Å². The van der Waals surface area contributed by atoms with Crippen molar-refractivity contribution in [1.82, 2.24) is 5.32 Å².